The largest absolute Gasteiger partial charge is 0.384 e. The highest BCUT2D eigenvalue weighted by Crippen LogP contribution is 2.39. The molecule has 0 aromatic heterocycles. The van der Waals surface area contributed by atoms with Crippen LogP contribution in [0.15, 0.2) is 54.1 Å². The summed E-state index contributed by atoms with van der Waals surface area (Å²) in [5.74, 6) is 0. The highest BCUT2D eigenvalue weighted by molar-refractivity contribution is 9.10. The molecule has 1 fully saturated rings. The minimum Gasteiger partial charge on any atom is -0.384 e. The van der Waals surface area contributed by atoms with Gasteiger partial charge in [-0.25, -0.2) is 0 Å². The molecule has 1 saturated carbocycles. The molecule has 1 N–H and O–H groups in total. The average Bonchev–Trinajstić information content (AvgIpc) is 3.08. The third kappa shape index (κ3) is 3.77. The van der Waals surface area contributed by atoms with Gasteiger partial charge in [0.2, 0.25) is 0 Å². The molecule has 4 heteroatoms. The maximum absolute atomic E-state index is 10.6. The number of methoxy groups -OCH3 is 1. The van der Waals surface area contributed by atoms with E-state index in [0.29, 0.717) is 0 Å². The smallest absolute Gasteiger partial charge is 0.171 e. The van der Waals surface area contributed by atoms with E-state index in [9.17, 15) is 5.11 Å². The van der Waals surface area contributed by atoms with E-state index in [0.717, 1.165) is 24.0 Å². The highest BCUT2D eigenvalue weighted by atomic mass is 79.9. The molecule has 124 valence electrons. The molecule has 1 aromatic rings. The van der Waals surface area contributed by atoms with Gasteiger partial charge in [0, 0.05) is 7.11 Å². The first-order valence-electron chi connectivity index (χ1n) is 8.16. The van der Waals surface area contributed by atoms with Gasteiger partial charge in [-0.15, -0.1) is 0 Å². The van der Waals surface area contributed by atoms with E-state index in [1.807, 2.05) is 48.6 Å². The summed E-state index contributed by atoms with van der Waals surface area (Å²) in [5, 5.41) is 10.6. The minimum atomic E-state index is -0.659. The van der Waals surface area contributed by atoms with Crippen LogP contribution in [0.4, 0.5) is 0 Å². The van der Waals surface area contributed by atoms with Crippen molar-refractivity contribution in [2.75, 3.05) is 7.11 Å². The average molecular weight is 379 g/mol. The van der Waals surface area contributed by atoms with E-state index < -0.39 is 10.6 Å². The van der Waals surface area contributed by atoms with Crippen molar-refractivity contribution in [1.82, 2.24) is 0 Å². The lowest BCUT2D eigenvalue weighted by Crippen LogP contribution is -2.41. The predicted octanol–water partition coefficient (Wildman–Crippen LogP) is 4.28. The first-order valence-corrected chi connectivity index (χ1v) is 8.95. The lowest BCUT2D eigenvalue weighted by atomic mass is 9.94. The molecule has 23 heavy (non-hydrogen) atoms. The molecular weight excluding hydrogens is 356 g/mol. The van der Waals surface area contributed by atoms with E-state index in [1.165, 1.54) is 12.8 Å². The summed E-state index contributed by atoms with van der Waals surface area (Å²) in [5.41, 5.74) is 1.70. The van der Waals surface area contributed by atoms with Crippen LogP contribution >= 0.6 is 15.9 Å². The molecule has 0 saturated heterocycles. The van der Waals surface area contributed by atoms with Crippen molar-refractivity contribution in [1.29, 1.82) is 0 Å². The first-order chi connectivity index (χ1) is 11.1. The monoisotopic (exact) mass is 378 g/mol. The van der Waals surface area contributed by atoms with Crippen molar-refractivity contribution in [3.05, 3.63) is 59.7 Å². The van der Waals surface area contributed by atoms with Gasteiger partial charge in [0.05, 0.1) is 6.10 Å². The maximum atomic E-state index is 10.6. The first kappa shape index (κ1) is 16.9. The molecule has 0 amide bonds. The molecule has 3 nitrogen and oxygen atoms in total. The Kier molecular flexibility index (Phi) is 5.37. The van der Waals surface area contributed by atoms with Crippen LogP contribution in [0.5, 0.6) is 0 Å². The molecule has 3 rings (SSSR count). The van der Waals surface area contributed by atoms with Crippen LogP contribution in [0.25, 0.3) is 0 Å². The van der Waals surface area contributed by atoms with Gasteiger partial charge in [0.1, 0.15) is 12.2 Å². The third-order valence-corrected chi connectivity index (χ3v) is 5.47. The second-order valence-corrected chi connectivity index (χ2v) is 7.43. The Morgan fingerprint density at radius 1 is 1.22 bits per heavy atom. The molecule has 2 aliphatic carbocycles. The minimum absolute atomic E-state index is 0.269. The molecule has 0 bridgehead atoms. The molecule has 0 heterocycles. The van der Waals surface area contributed by atoms with Crippen LogP contribution in [-0.2, 0) is 9.47 Å². The van der Waals surface area contributed by atoms with Gasteiger partial charge in [-0.05, 0) is 52.1 Å². The van der Waals surface area contributed by atoms with Gasteiger partial charge >= 0.3 is 0 Å². The van der Waals surface area contributed by atoms with Crippen molar-refractivity contribution in [2.24, 2.45) is 0 Å². The van der Waals surface area contributed by atoms with Crippen LogP contribution in [-0.4, -0.2) is 28.9 Å². The zero-order chi connectivity index (χ0) is 16.3. The van der Waals surface area contributed by atoms with Crippen molar-refractivity contribution in [3.8, 4) is 0 Å². The number of aliphatic hydroxyl groups excluding tert-OH is 1. The zero-order valence-corrected chi connectivity index (χ0v) is 14.9. The van der Waals surface area contributed by atoms with E-state index in [4.69, 9.17) is 9.47 Å². The molecule has 1 aromatic carbocycles. The van der Waals surface area contributed by atoms with Crippen LogP contribution in [0.2, 0.25) is 0 Å². The fourth-order valence-corrected chi connectivity index (χ4v) is 3.97. The third-order valence-electron chi connectivity index (χ3n) is 4.57. The number of halogens is 1. The number of benzene rings is 1. The molecule has 0 aliphatic heterocycles. The van der Waals surface area contributed by atoms with E-state index in [1.54, 1.807) is 7.11 Å². The fourth-order valence-electron chi connectivity index (χ4n) is 3.26. The highest BCUT2D eigenvalue weighted by Gasteiger charge is 2.40. The van der Waals surface area contributed by atoms with Crippen LogP contribution in [0, 0.1) is 0 Å². The second-order valence-electron chi connectivity index (χ2n) is 6.19. The van der Waals surface area contributed by atoms with Gasteiger partial charge in [0.15, 0.2) is 4.51 Å². The van der Waals surface area contributed by atoms with Crippen molar-refractivity contribution >= 4 is 15.9 Å². The normalized spacial score (nSPS) is 29.5. The molecule has 2 aliphatic rings. The number of aliphatic hydroxyl groups is 1. The van der Waals surface area contributed by atoms with Crippen molar-refractivity contribution in [2.45, 2.75) is 48.5 Å². The fraction of sp³-hybridized carbons (Fsp3) is 0.474. The van der Waals surface area contributed by atoms with Crippen molar-refractivity contribution in [3.63, 3.8) is 0 Å². The van der Waals surface area contributed by atoms with E-state index >= 15 is 0 Å². The van der Waals surface area contributed by atoms with E-state index in [-0.39, 0.29) is 12.2 Å². The molecule has 0 spiro atoms. The lowest BCUT2D eigenvalue weighted by molar-refractivity contribution is -0.0654. The number of hydrogen-bond acceptors (Lipinski definition) is 3. The number of ether oxygens (including phenoxy) is 2. The number of alkyl halides is 1. The summed E-state index contributed by atoms with van der Waals surface area (Å²) in [4.78, 5) is 0. The van der Waals surface area contributed by atoms with Gasteiger partial charge in [-0.2, -0.15) is 0 Å². The Morgan fingerprint density at radius 3 is 2.57 bits per heavy atom. The van der Waals surface area contributed by atoms with Crippen LogP contribution in [0.3, 0.4) is 0 Å². The molecule has 3 atom stereocenters. The summed E-state index contributed by atoms with van der Waals surface area (Å²) in [7, 11) is 1.67. The SMILES string of the molecule is COC1C=C(C(O)c2ccccc2)C=CC1(Br)OC1CCCC1. The summed E-state index contributed by atoms with van der Waals surface area (Å²) < 4.78 is 11.2. The number of rotatable bonds is 5. The summed E-state index contributed by atoms with van der Waals surface area (Å²) in [6.07, 6.45) is 9.81. The van der Waals surface area contributed by atoms with Crippen LogP contribution in [0.1, 0.15) is 37.4 Å². The summed E-state index contributed by atoms with van der Waals surface area (Å²) >= 11 is 3.71. The van der Waals surface area contributed by atoms with E-state index in [2.05, 4.69) is 15.9 Å². The molecule has 3 unspecified atom stereocenters. The standard InChI is InChI=1S/C19H23BrO3/c1-22-17-13-15(18(21)14-7-3-2-4-8-14)11-12-19(17,20)23-16-9-5-6-10-16/h2-4,7-8,11-13,16-18,21H,5-6,9-10H2,1H3. The zero-order valence-electron chi connectivity index (χ0n) is 13.3. The molecule has 0 radical (unpaired) electrons. The Balaban J connectivity index is 1.77. The number of hydrogen-bond donors (Lipinski definition) is 1. The van der Waals surface area contributed by atoms with Crippen LogP contribution < -0.4 is 0 Å². The predicted molar refractivity (Wildman–Crippen MR) is 94.4 cm³/mol. The van der Waals surface area contributed by atoms with Crippen molar-refractivity contribution < 1.29 is 14.6 Å². The summed E-state index contributed by atoms with van der Waals surface area (Å²) in [6, 6.07) is 9.64. The van der Waals surface area contributed by atoms with Gasteiger partial charge in [0.25, 0.3) is 0 Å². The quantitative estimate of drug-likeness (QED) is 0.777. The summed E-state index contributed by atoms with van der Waals surface area (Å²) in [6.45, 7) is 0. The van der Waals surface area contributed by atoms with Gasteiger partial charge < -0.3 is 14.6 Å². The topological polar surface area (TPSA) is 38.7 Å². The second kappa shape index (κ2) is 7.31. The molecular formula is C19H23BrO3. The Labute approximate surface area is 146 Å². The lowest BCUT2D eigenvalue weighted by Gasteiger charge is -2.36. The Bertz CT molecular complexity index is 578. The maximum Gasteiger partial charge on any atom is 0.171 e. The Hall–Kier alpha value is -0.940. The Morgan fingerprint density at radius 2 is 1.91 bits per heavy atom. The van der Waals surface area contributed by atoms with Gasteiger partial charge in [-0.3, -0.25) is 0 Å². The van der Waals surface area contributed by atoms with Gasteiger partial charge in [-0.1, -0.05) is 49.2 Å².